The molecule has 0 aliphatic rings. The molecule has 89 heavy (non-hydrogen) atoms. The molecule has 0 saturated heterocycles. The van der Waals surface area contributed by atoms with Gasteiger partial charge in [0.25, 0.3) is 0 Å². The van der Waals surface area contributed by atoms with Crippen molar-refractivity contribution in [3.8, 4) is 0 Å². The summed E-state index contributed by atoms with van der Waals surface area (Å²) in [5.74, 6) is -0.869. The van der Waals surface area contributed by atoms with Crippen molar-refractivity contribution in [2.24, 2.45) is 5.73 Å². The van der Waals surface area contributed by atoms with E-state index in [0.29, 0.717) is 6.42 Å². The normalized spacial score (nSPS) is 14.0. The summed E-state index contributed by atoms with van der Waals surface area (Å²) >= 11 is 0. The molecule has 0 aromatic rings. The first kappa shape index (κ1) is 84.4. The van der Waals surface area contributed by atoms with E-state index >= 15 is 0 Å². The molecule has 0 fully saturated rings. The van der Waals surface area contributed by atoms with Crippen molar-refractivity contribution < 1.29 is 37.6 Å². The van der Waals surface area contributed by atoms with Crippen LogP contribution in [0.5, 0.6) is 0 Å². The molecule has 0 aromatic carbocycles. The zero-order valence-electron chi connectivity index (χ0n) is 56.6. The number of phosphoric acid groups is 1. The summed E-state index contributed by atoms with van der Waals surface area (Å²) in [7, 11) is -4.41. The first-order chi connectivity index (χ1) is 43.8. The Hall–Kier alpha value is -4.63. The van der Waals surface area contributed by atoms with Gasteiger partial charge in [-0.2, -0.15) is 0 Å². The molecule has 0 spiro atoms. The van der Waals surface area contributed by atoms with E-state index in [0.717, 1.165) is 128 Å². The number of hydrogen-bond acceptors (Lipinski definition) is 8. The minimum absolute atomic E-state index is 0.0402. The predicted molar refractivity (Wildman–Crippen MR) is 385 cm³/mol. The van der Waals surface area contributed by atoms with E-state index in [2.05, 4.69) is 184 Å². The lowest BCUT2D eigenvalue weighted by atomic mass is 10.0. The fraction of sp³-hybridized carbons (Fsp3) is 0.620. The van der Waals surface area contributed by atoms with Crippen molar-refractivity contribution in [2.45, 2.75) is 290 Å². The van der Waals surface area contributed by atoms with E-state index in [1.54, 1.807) is 0 Å². The van der Waals surface area contributed by atoms with Gasteiger partial charge in [-0.1, -0.05) is 312 Å². The van der Waals surface area contributed by atoms with Crippen LogP contribution in [0.2, 0.25) is 0 Å². The molecule has 0 radical (unpaired) electrons. The van der Waals surface area contributed by atoms with Crippen LogP contribution in [0.1, 0.15) is 284 Å². The third-order valence-electron chi connectivity index (χ3n) is 14.6. The number of allylic oxidation sites excluding steroid dienone is 28. The molecule has 0 bridgehead atoms. The van der Waals surface area contributed by atoms with Crippen LogP contribution in [0.15, 0.2) is 170 Å². The molecule has 0 aliphatic heterocycles. The van der Waals surface area contributed by atoms with E-state index in [1.165, 1.54) is 122 Å². The van der Waals surface area contributed by atoms with Crippen LogP contribution in [0.4, 0.5) is 0 Å². The average molecular weight is 1250 g/mol. The smallest absolute Gasteiger partial charge is 0.462 e. The molecule has 0 aliphatic carbocycles. The first-order valence-corrected chi connectivity index (χ1v) is 37.1. The summed E-state index contributed by atoms with van der Waals surface area (Å²) in [5, 5.41) is 0. The number of phosphoric ester groups is 1. The Bertz CT molecular complexity index is 2070. The van der Waals surface area contributed by atoms with Gasteiger partial charge in [-0.3, -0.25) is 18.6 Å². The van der Waals surface area contributed by atoms with Gasteiger partial charge in [-0.25, -0.2) is 4.57 Å². The third kappa shape index (κ3) is 72.3. The maximum Gasteiger partial charge on any atom is 0.472 e. The number of hydrogen-bond donors (Lipinski definition) is 2. The number of esters is 2. The van der Waals surface area contributed by atoms with Crippen LogP contribution in [0.25, 0.3) is 0 Å². The number of carbonyl (C=O) groups excluding carboxylic acids is 2. The van der Waals surface area contributed by atoms with E-state index in [-0.39, 0.29) is 32.6 Å². The number of ether oxygens (including phenoxy) is 2. The Morgan fingerprint density at radius 2 is 0.584 bits per heavy atom. The second kappa shape index (κ2) is 72.4. The molecule has 0 heterocycles. The SMILES string of the molecule is CC/C=C\C/C=C\C/C=C\C/C=C\C/C=C\C/C=C\C/C=C\C/C=C\C/C=C\CCCCCC(=O)OC(COC(=O)CCCCCCCCCCCCCCCCCCCCCCC/C=C\C/C=C\C/C=C\C/C=C\C/C=C\CC)COP(=O)(O)OCCN. The van der Waals surface area contributed by atoms with Gasteiger partial charge in [0, 0.05) is 19.4 Å². The average Bonchev–Trinajstić information content (AvgIpc) is 3.68. The van der Waals surface area contributed by atoms with Gasteiger partial charge in [0.2, 0.25) is 0 Å². The first-order valence-electron chi connectivity index (χ1n) is 35.6. The van der Waals surface area contributed by atoms with Crippen LogP contribution in [-0.4, -0.2) is 49.3 Å². The van der Waals surface area contributed by atoms with Gasteiger partial charge < -0.3 is 20.1 Å². The fourth-order valence-corrected chi connectivity index (χ4v) is 10.2. The van der Waals surface area contributed by atoms with Gasteiger partial charge in [-0.05, 0) is 128 Å². The molecule has 0 saturated carbocycles. The molecule has 9 nitrogen and oxygen atoms in total. The second-order valence-corrected chi connectivity index (χ2v) is 24.4. The van der Waals surface area contributed by atoms with Crippen LogP contribution in [0.3, 0.4) is 0 Å². The maximum absolute atomic E-state index is 12.8. The molecular formula is C79H130NO8P. The van der Waals surface area contributed by atoms with Crippen molar-refractivity contribution in [3.05, 3.63) is 170 Å². The van der Waals surface area contributed by atoms with Crippen molar-refractivity contribution in [2.75, 3.05) is 26.4 Å². The van der Waals surface area contributed by atoms with E-state index in [1.807, 2.05) is 0 Å². The Kier molecular flexibility index (Phi) is 68.7. The van der Waals surface area contributed by atoms with E-state index in [4.69, 9.17) is 24.3 Å². The lowest BCUT2D eigenvalue weighted by Crippen LogP contribution is -2.29. The maximum atomic E-state index is 12.8. The largest absolute Gasteiger partial charge is 0.472 e. The topological polar surface area (TPSA) is 134 Å². The number of nitrogens with two attached hydrogens (primary N) is 1. The quantitative estimate of drug-likeness (QED) is 0.0264. The third-order valence-corrected chi connectivity index (χ3v) is 15.6. The van der Waals surface area contributed by atoms with Crippen molar-refractivity contribution >= 4 is 19.8 Å². The lowest BCUT2D eigenvalue weighted by Gasteiger charge is -2.19. The summed E-state index contributed by atoms with van der Waals surface area (Å²) in [5.41, 5.74) is 5.40. The summed E-state index contributed by atoms with van der Waals surface area (Å²) < 4.78 is 33.1. The molecule has 2 atom stereocenters. The molecule has 0 rings (SSSR count). The Labute approximate surface area is 546 Å². The minimum Gasteiger partial charge on any atom is -0.462 e. The summed E-state index contributed by atoms with van der Waals surface area (Å²) in [6, 6.07) is 0. The van der Waals surface area contributed by atoms with Gasteiger partial charge in [0.1, 0.15) is 6.61 Å². The molecule has 2 unspecified atom stereocenters. The van der Waals surface area contributed by atoms with Crippen LogP contribution in [-0.2, 0) is 32.7 Å². The van der Waals surface area contributed by atoms with E-state index in [9.17, 15) is 19.0 Å². The van der Waals surface area contributed by atoms with Crippen LogP contribution >= 0.6 is 7.82 Å². The second-order valence-electron chi connectivity index (χ2n) is 23.0. The fourth-order valence-electron chi connectivity index (χ4n) is 9.42. The standard InChI is InChI=1S/C79H130NO8P/c1-3-5-7-9-11-13-15-17-19-21-23-25-27-29-31-33-35-36-37-38-39-40-42-43-45-47-49-51-53-55-57-59-61-63-65-67-69-71-78(81)85-75-77(76-87-89(83,84)86-74-73-80)88-79(82)72-70-68-66-64-62-60-58-56-54-52-50-48-46-44-41-34-32-30-28-26-24-22-20-18-16-14-12-10-8-6-4-2/h5-8,11-14,17-20,23-26,29-32,41,44,48,50,54,56,60,62,77H,3-4,9-10,15-16,21-22,27-28,33-40,42-43,45-47,49,51-53,55,57-59,61,63-76,80H2,1-2H3,(H,83,84)/b7-5-,8-6-,13-11-,14-12-,19-17-,20-18-,25-23-,26-24-,31-29-,32-30-,44-41-,50-48-,56-54-,62-60-. The Morgan fingerprint density at radius 3 is 0.876 bits per heavy atom. The number of rotatable bonds is 65. The summed E-state index contributed by atoms with van der Waals surface area (Å²) in [6.07, 6.45) is 107. The highest BCUT2D eigenvalue weighted by molar-refractivity contribution is 7.47. The Balaban J connectivity index is 3.95. The lowest BCUT2D eigenvalue weighted by molar-refractivity contribution is -0.161. The van der Waals surface area contributed by atoms with Crippen LogP contribution < -0.4 is 5.73 Å². The summed E-state index contributed by atoms with van der Waals surface area (Å²) in [6.45, 7) is 3.48. The number of carbonyl (C=O) groups is 2. The van der Waals surface area contributed by atoms with Crippen molar-refractivity contribution in [1.29, 1.82) is 0 Å². The summed E-state index contributed by atoms with van der Waals surface area (Å²) in [4.78, 5) is 35.4. The molecular weight excluding hydrogens is 1120 g/mol. The number of unbranched alkanes of at least 4 members (excludes halogenated alkanes) is 24. The molecule has 0 amide bonds. The highest BCUT2D eigenvalue weighted by Gasteiger charge is 2.26. The van der Waals surface area contributed by atoms with Gasteiger partial charge in [0.05, 0.1) is 13.2 Å². The van der Waals surface area contributed by atoms with Crippen molar-refractivity contribution in [3.63, 3.8) is 0 Å². The van der Waals surface area contributed by atoms with Crippen molar-refractivity contribution in [1.82, 2.24) is 0 Å². The molecule has 10 heteroatoms. The minimum atomic E-state index is -4.41. The Morgan fingerprint density at radius 1 is 0.337 bits per heavy atom. The highest BCUT2D eigenvalue weighted by atomic mass is 31.2. The monoisotopic (exact) mass is 1250 g/mol. The molecule has 3 N–H and O–H groups in total. The predicted octanol–water partition coefficient (Wildman–Crippen LogP) is 23.7. The van der Waals surface area contributed by atoms with Gasteiger partial charge >= 0.3 is 19.8 Å². The van der Waals surface area contributed by atoms with Gasteiger partial charge in [0.15, 0.2) is 6.10 Å². The molecule has 0 aromatic heterocycles. The van der Waals surface area contributed by atoms with E-state index < -0.39 is 32.5 Å². The zero-order chi connectivity index (χ0) is 64.4. The zero-order valence-corrected chi connectivity index (χ0v) is 57.5. The molecule has 504 valence electrons. The van der Waals surface area contributed by atoms with Crippen LogP contribution in [0, 0.1) is 0 Å². The highest BCUT2D eigenvalue weighted by Crippen LogP contribution is 2.43. The van der Waals surface area contributed by atoms with Gasteiger partial charge in [-0.15, -0.1) is 0 Å².